The van der Waals surface area contributed by atoms with E-state index in [4.69, 9.17) is 4.74 Å². The van der Waals surface area contributed by atoms with Crippen molar-refractivity contribution in [3.63, 3.8) is 0 Å². The first-order valence-corrected chi connectivity index (χ1v) is 6.84. The number of nitrogens with zero attached hydrogens (tertiary/aromatic N) is 2. The van der Waals surface area contributed by atoms with Gasteiger partial charge in [0.25, 0.3) is 0 Å². The molecule has 1 saturated heterocycles. The fourth-order valence-electron chi connectivity index (χ4n) is 2.45. The van der Waals surface area contributed by atoms with Crippen LogP contribution in [-0.4, -0.2) is 34.7 Å². The lowest BCUT2D eigenvalue weighted by molar-refractivity contribution is -0.0350. The second-order valence-corrected chi connectivity index (χ2v) is 5.02. The highest BCUT2D eigenvalue weighted by molar-refractivity contribution is 5.20. The summed E-state index contributed by atoms with van der Waals surface area (Å²) in [6, 6.07) is 13.9. The normalized spacial score (nSPS) is 19.9. The predicted octanol–water partition coefficient (Wildman–Crippen LogP) is 2.36. The topological polar surface area (TPSA) is 45.6 Å². The molecule has 4 nitrogen and oxygen atoms in total. The molecule has 20 heavy (non-hydrogen) atoms. The molecule has 1 aliphatic rings. The molecule has 1 unspecified atom stereocenters. The Labute approximate surface area is 118 Å². The summed E-state index contributed by atoms with van der Waals surface area (Å²) in [6.07, 6.45) is 1.45. The summed E-state index contributed by atoms with van der Waals surface area (Å²) in [4.78, 5) is 6.61. The number of aromatic nitrogens is 1. The summed E-state index contributed by atoms with van der Waals surface area (Å²) in [5, 5.41) is 9.29. The van der Waals surface area contributed by atoms with E-state index < -0.39 is 0 Å². The molecule has 2 heterocycles. The van der Waals surface area contributed by atoms with Gasteiger partial charge in [-0.05, 0) is 17.7 Å². The van der Waals surface area contributed by atoms with Crippen molar-refractivity contribution in [1.82, 2.24) is 9.88 Å². The molecule has 1 fully saturated rings. The monoisotopic (exact) mass is 270 g/mol. The Morgan fingerprint density at radius 2 is 2.05 bits per heavy atom. The standard InChI is InChI=1S/C16H18N2O2/c19-14-6-7-15(17-10-14)16-12-18(8-9-20-16)11-13-4-2-1-3-5-13/h1-7,10,16,19H,8-9,11-12H2. The first kappa shape index (κ1) is 13.1. The Bertz CT molecular complexity index is 542. The maximum absolute atomic E-state index is 9.29. The lowest BCUT2D eigenvalue weighted by atomic mass is 10.1. The minimum Gasteiger partial charge on any atom is -0.506 e. The van der Waals surface area contributed by atoms with Crippen molar-refractivity contribution in [2.24, 2.45) is 0 Å². The van der Waals surface area contributed by atoms with Crippen LogP contribution in [-0.2, 0) is 11.3 Å². The van der Waals surface area contributed by atoms with Gasteiger partial charge >= 0.3 is 0 Å². The summed E-state index contributed by atoms with van der Waals surface area (Å²) in [7, 11) is 0. The summed E-state index contributed by atoms with van der Waals surface area (Å²) in [5.74, 6) is 0.186. The molecule has 0 spiro atoms. The van der Waals surface area contributed by atoms with Gasteiger partial charge in [0.15, 0.2) is 0 Å². The summed E-state index contributed by atoms with van der Waals surface area (Å²) >= 11 is 0. The van der Waals surface area contributed by atoms with Crippen molar-refractivity contribution in [2.45, 2.75) is 12.6 Å². The fraction of sp³-hybridized carbons (Fsp3) is 0.312. The summed E-state index contributed by atoms with van der Waals surface area (Å²) in [6.45, 7) is 3.40. The fourth-order valence-corrected chi connectivity index (χ4v) is 2.45. The molecule has 3 rings (SSSR count). The minimum atomic E-state index is -0.0203. The Hall–Kier alpha value is -1.91. The van der Waals surface area contributed by atoms with Gasteiger partial charge in [-0.15, -0.1) is 0 Å². The molecule has 2 aromatic rings. The number of ether oxygens (including phenoxy) is 1. The van der Waals surface area contributed by atoms with E-state index in [1.165, 1.54) is 11.8 Å². The average Bonchev–Trinajstić information content (AvgIpc) is 2.49. The number of benzene rings is 1. The van der Waals surface area contributed by atoms with Crippen LogP contribution in [0.5, 0.6) is 5.75 Å². The molecule has 104 valence electrons. The van der Waals surface area contributed by atoms with Crippen molar-refractivity contribution >= 4 is 0 Å². The van der Waals surface area contributed by atoms with Crippen LogP contribution in [0.4, 0.5) is 0 Å². The highest BCUT2D eigenvalue weighted by atomic mass is 16.5. The van der Waals surface area contributed by atoms with E-state index in [1.54, 1.807) is 6.07 Å². The molecule has 0 radical (unpaired) electrons. The lowest BCUT2D eigenvalue weighted by Crippen LogP contribution is -2.38. The Kier molecular flexibility index (Phi) is 3.95. The molecule has 0 saturated carbocycles. The van der Waals surface area contributed by atoms with Gasteiger partial charge in [-0.3, -0.25) is 9.88 Å². The van der Waals surface area contributed by atoms with Crippen LogP contribution in [0.2, 0.25) is 0 Å². The average molecular weight is 270 g/mol. The zero-order valence-corrected chi connectivity index (χ0v) is 11.3. The maximum Gasteiger partial charge on any atom is 0.133 e. The first-order valence-electron chi connectivity index (χ1n) is 6.84. The minimum absolute atomic E-state index is 0.0203. The number of aromatic hydroxyl groups is 1. The zero-order valence-electron chi connectivity index (χ0n) is 11.3. The summed E-state index contributed by atoms with van der Waals surface area (Å²) in [5.41, 5.74) is 2.19. The van der Waals surface area contributed by atoms with E-state index in [1.807, 2.05) is 12.1 Å². The molecule has 1 atom stereocenters. The number of hydrogen-bond donors (Lipinski definition) is 1. The zero-order chi connectivity index (χ0) is 13.8. The van der Waals surface area contributed by atoms with Gasteiger partial charge in [-0.2, -0.15) is 0 Å². The van der Waals surface area contributed by atoms with Crippen molar-refractivity contribution < 1.29 is 9.84 Å². The van der Waals surface area contributed by atoms with Crippen LogP contribution >= 0.6 is 0 Å². The molecule has 0 amide bonds. The highest BCUT2D eigenvalue weighted by Crippen LogP contribution is 2.22. The molecule has 1 aromatic heterocycles. The highest BCUT2D eigenvalue weighted by Gasteiger charge is 2.22. The van der Waals surface area contributed by atoms with Crippen molar-refractivity contribution in [3.05, 3.63) is 59.9 Å². The van der Waals surface area contributed by atoms with Crippen molar-refractivity contribution in [1.29, 1.82) is 0 Å². The summed E-state index contributed by atoms with van der Waals surface area (Å²) < 4.78 is 5.79. The molecular formula is C16H18N2O2. The van der Waals surface area contributed by atoms with E-state index in [2.05, 4.69) is 34.1 Å². The van der Waals surface area contributed by atoms with E-state index in [-0.39, 0.29) is 11.9 Å². The van der Waals surface area contributed by atoms with E-state index in [9.17, 15) is 5.11 Å². The molecular weight excluding hydrogens is 252 g/mol. The van der Waals surface area contributed by atoms with Crippen molar-refractivity contribution in [2.75, 3.05) is 19.7 Å². The van der Waals surface area contributed by atoms with Gasteiger partial charge in [0.05, 0.1) is 18.5 Å². The Morgan fingerprint density at radius 1 is 1.20 bits per heavy atom. The van der Waals surface area contributed by atoms with Crippen LogP contribution in [0.3, 0.4) is 0 Å². The number of morpholine rings is 1. The number of hydrogen-bond acceptors (Lipinski definition) is 4. The van der Waals surface area contributed by atoms with Gasteiger partial charge in [0.2, 0.25) is 0 Å². The number of pyridine rings is 1. The third kappa shape index (κ3) is 3.15. The van der Waals surface area contributed by atoms with Crippen LogP contribution in [0, 0.1) is 0 Å². The van der Waals surface area contributed by atoms with Crippen LogP contribution in [0.25, 0.3) is 0 Å². The largest absolute Gasteiger partial charge is 0.506 e. The van der Waals surface area contributed by atoms with E-state index >= 15 is 0 Å². The molecule has 1 aliphatic heterocycles. The molecule has 1 aromatic carbocycles. The van der Waals surface area contributed by atoms with Crippen LogP contribution in [0.15, 0.2) is 48.7 Å². The van der Waals surface area contributed by atoms with Gasteiger partial charge < -0.3 is 9.84 Å². The van der Waals surface area contributed by atoms with Crippen LogP contribution < -0.4 is 0 Å². The van der Waals surface area contributed by atoms with E-state index in [0.29, 0.717) is 6.61 Å². The van der Waals surface area contributed by atoms with Gasteiger partial charge in [-0.1, -0.05) is 30.3 Å². The molecule has 1 N–H and O–H groups in total. The predicted molar refractivity (Wildman–Crippen MR) is 76.3 cm³/mol. The molecule has 0 bridgehead atoms. The lowest BCUT2D eigenvalue weighted by Gasteiger charge is -2.32. The Morgan fingerprint density at radius 3 is 2.80 bits per heavy atom. The quantitative estimate of drug-likeness (QED) is 0.930. The maximum atomic E-state index is 9.29. The molecule has 4 heteroatoms. The van der Waals surface area contributed by atoms with Crippen LogP contribution in [0.1, 0.15) is 17.4 Å². The third-order valence-electron chi connectivity index (χ3n) is 3.50. The van der Waals surface area contributed by atoms with Crippen molar-refractivity contribution in [3.8, 4) is 5.75 Å². The van der Waals surface area contributed by atoms with E-state index in [0.717, 1.165) is 25.3 Å². The smallest absolute Gasteiger partial charge is 0.133 e. The Balaban J connectivity index is 1.66. The SMILES string of the molecule is Oc1ccc(C2CN(Cc3ccccc3)CCO2)nc1. The van der Waals surface area contributed by atoms with Gasteiger partial charge in [-0.25, -0.2) is 0 Å². The number of rotatable bonds is 3. The van der Waals surface area contributed by atoms with Gasteiger partial charge in [0, 0.05) is 19.6 Å². The second kappa shape index (κ2) is 6.03. The first-order chi connectivity index (χ1) is 9.81. The molecule has 0 aliphatic carbocycles. The third-order valence-corrected chi connectivity index (χ3v) is 3.50. The second-order valence-electron chi connectivity index (χ2n) is 5.02. The van der Waals surface area contributed by atoms with Gasteiger partial charge in [0.1, 0.15) is 11.9 Å².